The molecule has 0 unspecified atom stereocenters. The number of hydrogen-bond donors (Lipinski definition) is 1. The Bertz CT molecular complexity index is 927. The predicted octanol–water partition coefficient (Wildman–Crippen LogP) is 2.85. The van der Waals surface area contributed by atoms with Crippen LogP contribution in [-0.2, 0) is 6.42 Å². The van der Waals surface area contributed by atoms with Crippen molar-refractivity contribution < 1.29 is 9.90 Å². The van der Waals surface area contributed by atoms with Crippen molar-refractivity contribution in [2.75, 3.05) is 13.1 Å². The monoisotopic (exact) mass is 377 g/mol. The number of carbonyl (C=O) groups is 1. The van der Waals surface area contributed by atoms with E-state index < -0.39 is 0 Å². The highest BCUT2D eigenvalue weighted by molar-refractivity contribution is 5.97. The van der Waals surface area contributed by atoms with Crippen molar-refractivity contribution in [2.24, 2.45) is 5.92 Å². The van der Waals surface area contributed by atoms with E-state index in [4.69, 9.17) is 0 Å². The van der Waals surface area contributed by atoms with E-state index in [9.17, 15) is 9.90 Å². The number of carbonyl (C=O) groups excluding carboxylic acids is 1. The Balaban J connectivity index is 1.45. The van der Waals surface area contributed by atoms with Gasteiger partial charge < -0.3 is 10.0 Å². The predicted molar refractivity (Wildman–Crippen MR) is 104 cm³/mol. The van der Waals surface area contributed by atoms with Crippen LogP contribution >= 0.6 is 0 Å². The molecule has 1 aliphatic heterocycles. The number of phenols is 1. The molecule has 7 nitrogen and oxygen atoms in total. The molecule has 0 spiro atoms. The number of phenolic OH excluding ortho intramolecular Hbond substituents is 1. The first-order chi connectivity index (χ1) is 13.7. The highest BCUT2D eigenvalue weighted by atomic mass is 16.3. The third-order valence-electron chi connectivity index (χ3n) is 5.31. The first-order valence-corrected chi connectivity index (χ1v) is 9.60. The first kappa shape index (κ1) is 18.2. The molecule has 4 rings (SSSR count). The largest absolute Gasteiger partial charge is 0.507 e. The van der Waals surface area contributed by atoms with Gasteiger partial charge in [-0.2, -0.15) is 0 Å². The van der Waals surface area contributed by atoms with Crippen LogP contribution < -0.4 is 0 Å². The molecular weight excluding hydrogens is 354 g/mol. The Morgan fingerprint density at radius 3 is 2.82 bits per heavy atom. The number of nitrogens with zero attached hydrogens (tertiary/aromatic N) is 5. The highest BCUT2D eigenvalue weighted by Crippen LogP contribution is 2.26. The summed E-state index contributed by atoms with van der Waals surface area (Å²) >= 11 is 0. The molecule has 1 aromatic heterocycles. The van der Waals surface area contributed by atoms with Crippen LogP contribution in [0.1, 0.15) is 35.2 Å². The zero-order valence-electron chi connectivity index (χ0n) is 15.6. The summed E-state index contributed by atoms with van der Waals surface area (Å²) in [5, 5.41) is 21.3. The van der Waals surface area contributed by atoms with Crippen LogP contribution in [-0.4, -0.2) is 49.2 Å². The molecule has 1 atom stereocenters. The fraction of sp³-hybridized carbons (Fsp3) is 0.333. The standard InChI is InChI=1S/C21H23N5O2/c27-20-11-10-18(26-15-22-23-24-26)13-19(20)21(28)25-12-4-7-17(14-25)9-8-16-5-2-1-3-6-16/h1-3,5-6,10-11,13,15,17,27H,4,7-9,12,14H2/t17-/m1/s1. The van der Waals surface area contributed by atoms with E-state index in [-0.39, 0.29) is 17.2 Å². The van der Waals surface area contributed by atoms with Crippen molar-refractivity contribution in [1.29, 1.82) is 0 Å². The second-order valence-electron chi connectivity index (χ2n) is 7.24. The average Bonchev–Trinajstić information content (AvgIpc) is 3.28. The Kier molecular flexibility index (Phi) is 5.32. The summed E-state index contributed by atoms with van der Waals surface area (Å²) in [5.41, 5.74) is 2.26. The van der Waals surface area contributed by atoms with Gasteiger partial charge in [-0.15, -0.1) is 5.10 Å². The Labute approximate surface area is 163 Å². The lowest BCUT2D eigenvalue weighted by Gasteiger charge is -2.33. The Morgan fingerprint density at radius 1 is 1.18 bits per heavy atom. The molecule has 1 aliphatic rings. The minimum Gasteiger partial charge on any atom is -0.507 e. The minimum absolute atomic E-state index is 0.0202. The van der Waals surface area contributed by atoms with Gasteiger partial charge >= 0.3 is 0 Å². The van der Waals surface area contributed by atoms with Gasteiger partial charge in [0.25, 0.3) is 5.91 Å². The quantitative estimate of drug-likeness (QED) is 0.739. The molecule has 7 heteroatoms. The normalized spacial score (nSPS) is 16.9. The van der Waals surface area contributed by atoms with Crippen molar-refractivity contribution in [3.8, 4) is 11.4 Å². The molecule has 1 amide bonds. The zero-order chi connectivity index (χ0) is 19.3. The minimum atomic E-state index is -0.142. The summed E-state index contributed by atoms with van der Waals surface area (Å²) < 4.78 is 1.47. The third-order valence-corrected chi connectivity index (χ3v) is 5.31. The van der Waals surface area contributed by atoms with Gasteiger partial charge in [-0.3, -0.25) is 4.79 Å². The molecule has 0 bridgehead atoms. The fourth-order valence-electron chi connectivity index (χ4n) is 3.79. The summed E-state index contributed by atoms with van der Waals surface area (Å²) in [6.45, 7) is 1.44. The molecule has 144 valence electrons. The van der Waals surface area contributed by atoms with Crippen LogP contribution in [0.25, 0.3) is 5.69 Å². The molecule has 3 aromatic rings. The van der Waals surface area contributed by atoms with Gasteiger partial charge in [0.05, 0.1) is 11.3 Å². The van der Waals surface area contributed by atoms with E-state index in [0.717, 1.165) is 38.8 Å². The van der Waals surface area contributed by atoms with Gasteiger partial charge in [-0.25, -0.2) is 4.68 Å². The van der Waals surface area contributed by atoms with E-state index >= 15 is 0 Å². The number of aromatic hydroxyl groups is 1. The van der Waals surface area contributed by atoms with Crippen molar-refractivity contribution >= 4 is 5.91 Å². The van der Waals surface area contributed by atoms with E-state index in [1.54, 1.807) is 12.1 Å². The summed E-state index contributed by atoms with van der Waals surface area (Å²) in [6.07, 6.45) is 5.66. The molecule has 1 N–H and O–H groups in total. The second-order valence-corrected chi connectivity index (χ2v) is 7.24. The molecule has 0 aliphatic carbocycles. The summed E-state index contributed by atoms with van der Waals surface area (Å²) in [6, 6.07) is 15.3. The molecule has 1 saturated heterocycles. The lowest BCUT2D eigenvalue weighted by molar-refractivity contribution is 0.0665. The summed E-state index contributed by atoms with van der Waals surface area (Å²) in [4.78, 5) is 14.9. The fourth-order valence-corrected chi connectivity index (χ4v) is 3.79. The van der Waals surface area contributed by atoms with Gasteiger partial charge in [0.15, 0.2) is 0 Å². The summed E-state index contributed by atoms with van der Waals surface area (Å²) in [5.74, 6) is 0.313. The molecule has 0 radical (unpaired) electrons. The highest BCUT2D eigenvalue weighted by Gasteiger charge is 2.26. The number of aryl methyl sites for hydroxylation is 1. The molecule has 1 fully saturated rings. The lowest BCUT2D eigenvalue weighted by Crippen LogP contribution is -2.40. The number of piperidine rings is 1. The van der Waals surface area contributed by atoms with E-state index in [0.29, 0.717) is 11.6 Å². The second kappa shape index (κ2) is 8.21. The lowest BCUT2D eigenvalue weighted by atomic mass is 9.91. The molecule has 2 heterocycles. The maximum absolute atomic E-state index is 13.1. The van der Waals surface area contributed by atoms with Crippen LogP contribution in [0, 0.1) is 5.92 Å². The number of aromatic nitrogens is 4. The molecule has 28 heavy (non-hydrogen) atoms. The van der Waals surface area contributed by atoms with Crippen LogP contribution in [0.5, 0.6) is 5.75 Å². The first-order valence-electron chi connectivity index (χ1n) is 9.60. The molecule has 0 saturated carbocycles. The SMILES string of the molecule is O=C(c1cc(-n2cnnn2)ccc1O)N1CCC[C@H](CCc2ccccc2)C1. The van der Waals surface area contributed by atoms with Crippen molar-refractivity contribution in [1.82, 2.24) is 25.1 Å². The van der Waals surface area contributed by atoms with E-state index in [1.807, 2.05) is 11.0 Å². The topological polar surface area (TPSA) is 84.1 Å². The zero-order valence-corrected chi connectivity index (χ0v) is 15.6. The number of amides is 1. The molecular formula is C21H23N5O2. The van der Waals surface area contributed by atoms with Crippen LogP contribution in [0.2, 0.25) is 0 Å². The summed E-state index contributed by atoms with van der Waals surface area (Å²) in [7, 11) is 0. The number of likely N-dealkylation sites (tertiary alicyclic amines) is 1. The van der Waals surface area contributed by atoms with Crippen LogP contribution in [0.15, 0.2) is 54.9 Å². The van der Waals surface area contributed by atoms with Crippen LogP contribution in [0.4, 0.5) is 0 Å². The van der Waals surface area contributed by atoms with E-state index in [1.165, 1.54) is 22.6 Å². The van der Waals surface area contributed by atoms with Gasteiger partial charge in [0.2, 0.25) is 0 Å². The Hall–Kier alpha value is -3.22. The maximum atomic E-state index is 13.1. The maximum Gasteiger partial charge on any atom is 0.257 e. The number of benzene rings is 2. The van der Waals surface area contributed by atoms with Gasteiger partial charge in [0.1, 0.15) is 12.1 Å². The van der Waals surface area contributed by atoms with Gasteiger partial charge in [-0.1, -0.05) is 30.3 Å². The van der Waals surface area contributed by atoms with Gasteiger partial charge in [-0.05, 0) is 65.8 Å². The van der Waals surface area contributed by atoms with Gasteiger partial charge in [0, 0.05) is 13.1 Å². The smallest absolute Gasteiger partial charge is 0.257 e. The third kappa shape index (κ3) is 4.03. The average molecular weight is 377 g/mol. The van der Waals surface area contributed by atoms with Crippen molar-refractivity contribution in [3.05, 3.63) is 66.0 Å². The van der Waals surface area contributed by atoms with Crippen molar-refractivity contribution in [3.63, 3.8) is 0 Å². The Morgan fingerprint density at radius 2 is 2.04 bits per heavy atom. The number of hydrogen-bond acceptors (Lipinski definition) is 5. The van der Waals surface area contributed by atoms with E-state index in [2.05, 4.69) is 39.8 Å². The number of tetrazole rings is 1. The molecule has 2 aromatic carbocycles. The van der Waals surface area contributed by atoms with Crippen molar-refractivity contribution in [2.45, 2.75) is 25.7 Å². The van der Waals surface area contributed by atoms with Crippen LogP contribution in [0.3, 0.4) is 0 Å². The number of rotatable bonds is 5.